The van der Waals surface area contributed by atoms with Crippen molar-refractivity contribution in [3.63, 3.8) is 0 Å². The zero-order valence-electron chi connectivity index (χ0n) is 19.4. The van der Waals surface area contributed by atoms with Crippen LogP contribution in [0.15, 0.2) is 0 Å². The molecule has 33 heavy (non-hydrogen) atoms. The van der Waals surface area contributed by atoms with Gasteiger partial charge in [0.25, 0.3) is 0 Å². The predicted octanol–water partition coefficient (Wildman–Crippen LogP) is 2.15. The van der Waals surface area contributed by atoms with Crippen molar-refractivity contribution in [1.29, 1.82) is 0 Å². The van der Waals surface area contributed by atoms with Gasteiger partial charge in [0.15, 0.2) is 0 Å². The summed E-state index contributed by atoms with van der Waals surface area (Å²) in [6.07, 6.45) is 2.32. The Hall–Kier alpha value is -0.760. The van der Waals surface area contributed by atoms with Gasteiger partial charge in [-0.05, 0) is 44.6 Å². The van der Waals surface area contributed by atoms with Gasteiger partial charge in [-0.2, -0.15) is 0 Å². The highest BCUT2D eigenvalue weighted by Gasteiger charge is 2.51. The number of ketones is 2. The van der Waals surface area contributed by atoms with Gasteiger partial charge in [-0.15, -0.1) is 23.2 Å². The number of piperidine rings is 1. The van der Waals surface area contributed by atoms with Crippen molar-refractivity contribution < 1.29 is 23.9 Å². The molecular formula is C24H36Cl2FN2O4-. The second kappa shape index (κ2) is 12.3. The van der Waals surface area contributed by atoms with Gasteiger partial charge >= 0.3 is 0 Å². The average Bonchev–Trinajstić information content (AvgIpc) is 2.79. The summed E-state index contributed by atoms with van der Waals surface area (Å²) in [6, 6.07) is -0.277. The standard InChI is InChI=1S/C24H37Cl2FN2O4/c1-2-29-14-19(24(32)33)23(31)18-11-20(27)17(12-21(18)29)22(30)16-5-3-4-15(10-16)13-28(8-6-25)9-7-26/h15-21H,2-14H2,1H3,(H,32,33)/p-1. The first kappa shape index (κ1) is 26.8. The lowest BCUT2D eigenvalue weighted by atomic mass is 9.66. The first-order valence-corrected chi connectivity index (χ1v) is 13.4. The zero-order valence-corrected chi connectivity index (χ0v) is 20.9. The highest BCUT2D eigenvalue weighted by atomic mass is 35.5. The molecule has 1 saturated heterocycles. The number of halogens is 3. The van der Waals surface area contributed by atoms with Gasteiger partial charge in [0.05, 0.1) is 17.8 Å². The average molecular weight is 506 g/mol. The predicted molar refractivity (Wildman–Crippen MR) is 124 cm³/mol. The summed E-state index contributed by atoms with van der Waals surface area (Å²) in [5, 5.41) is 11.4. The highest BCUT2D eigenvalue weighted by molar-refractivity contribution is 6.18. The molecule has 188 valence electrons. The van der Waals surface area contributed by atoms with Crippen LogP contribution in [0.4, 0.5) is 4.39 Å². The SMILES string of the molecule is CCN1CC(C(=O)[O-])C(=O)C2CC(F)C(C(=O)C3CCCC(CN(CCCl)CCCl)C3)CC21. The molecule has 3 rings (SSSR count). The maximum atomic E-state index is 15.3. The van der Waals surface area contributed by atoms with Gasteiger partial charge in [0.2, 0.25) is 0 Å². The summed E-state index contributed by atoms with van der Waals surface area (Å²) in [4.78, 5) is 41.8. The Kier molecular flexibility index (Phi) is 9.98. The van der Waals surface area contributed by atoms with E-state index in [0.29, 0.717) is 24.2 Å². The fourth-order valence-electron chi connectivity index (χ4n) is 6.33. The monoisotopic (exact) mass is 505 g/mol. The number of hydrogen-bond donors (Lipinski definition) is 0. The van der Waals surface area contributed by atoms with E-state index < -0.39 is 35.7 Å². The number of aliphatic carboxylic acids is 1. The van der Waals surface area contributed by atoms with Crippen LogP contribution < -0.4 is 5.11 Å². The number of carbonyl (C=O) groups excluding carboxylic acids is 3. The topological polar surface area (TPSA) is 80.8 Å². The molecular weight excluding hydrogens is 470 g/mol. The Bertz CT molecular complexity index is 706. The molecule has 7 unspecified atom stereocenters. The van der Waals surface area contributed by atoms with E-state index in [1.165, 1.54) is 0 Å². The van der Waals surface area contributed by atoms with Gasteiger partial charge in [-0.1, -0.05) is 13.3 Å². The fourth-order valence-corrected chi connectivity index (χ4v) is 6.81. The molecule has 2 saturated carbocycles. The smallest absolute Gasteiger partial charge is 0.147 e. The fraction of sp³-hybridized carbons (Fsp3) is 0.875. The minimum Gasteiger partial charge on any atom is -0.549 e. The number of carbonyl (C=O) groups is 3. The van der Waals surface area contributed by atoms with Crippen LogP contribution in [0.3, 0.4) is 0 Å². The van der Waals surface area contributed by atoms with Crippen molar-refractivity contribution in [2.24, 2.45) is 29.6 Å². The van der Waals surface area contributed by atoms with Crippen molar-refractivity contribution >= 4 is 40.7 Å². The number of carboxylic acid groups (broad SMARTS) is 1. The third kappa shape index (κ3) is 6.28. The number of carboxylic acids is 1. The molecule has 3 aliphatic rings. The Balaban J connectivity index is 1.66. The van der Waals surface area contributed by atoms with Crippen LogP contribution in [-0.2, 0) is 14.4 Å². The molecule has 7 atom stereocenters. The van der Waals surface area contributed by atoms with E-state index in [4.69, 9.17) is 23.2 Å². The van der Waals surface area contributed by atoms with Crippen LogP contribution in [0.5, 0.6) is 0 Å². The summed E-state index contributed by atoms with van der Waals surface area (Å²) in [6.45, 7) is 4.90. The molecule has 9 heteroatoms. The Labute approximate surface area is 206 Å². The Morgan fingerprint density at radius 3 is 2.45 bits per heavy atom. The maximum Gasteiger partial charge on any atom is 0.147 e. The van der Waals surface area contributed by atoms with Gasteiger partial charge < -0.3 is 14.8 Å². The molecule has 0 aromatic heterocycles. The number of Topliss-reactive ketones (excluding diaryl/α,β-unsaturated/α-hetero) is 2. The second-order valence-electron chi connectivity index (χ2n) is 9.94. The van der Waals surface area contributed by atoms with Gasteiger partial charge in [0, 0.05) is 55.8 Å². The van der Waals surface area contributed by atoms with Gasteiger partial charge in [-0.3, -0.25) is 14.5 Å². The van der Waals surface area contributed by atoms with Crippen LogP contribution in [0.2, 0.25) is 0 Å². The summed E-state index contributed by atoms with van der Waals surface area (Å²) in [5.41, 5.74) is 0. The number of fused-ring (bicyclic) bond motifs is 1. The van der Waals surface area contributed by atoms with Crippen LogP contribution in [0.25, 0.3) is 0 Å². The van der Waals surface area contributed by atoms with E-state index in [9.17, 15) is 19.5 Å². The molecule has 6 nitrogen and oxygen atoms in total. The van der Waals surface area contributed by atoms with Gasteiger partial charge in [0.1, 0.15) is 17.7 Å². The third-order valence-electron chi connectivity index (χ3n) is 8.03. The molecule has 0 N–H and O–H groups in total. The normalized spacial score (nSPS) is 35.4. The molecule has 3 fully saturated rings. The first-order chi connectivity index (χ1) is 15.8. The van der Waals surface area contributed by atoms with Crippen molar-refractivity contribution in [1.82, 2.24) is 9.80 Å². The lowest BCUT2D eigenvalue weighted by Gasteiger charge is -2.49. The van der Waals surface area contributed by atoms with Crippen LogP contribution in [0.1, 0.15) is 45.4 Å². The van der Waals surface area contributed by atoms with Crippen molar-refractivity contribution in [2.45, 2.75) is 57.7 Å². The summed E-state index contributed by atoms with van der Waals surface area (Å²) >= 11 is 11.8. The molecule has 0 amide bonds. The second-order valence-corrected chi connectivity index (χ2v) is 10.7. The number of rotatable bonds is 10. The number of hydrogen-bond acceptors (Lipinski definition) is 6. The quantitative estimate of drug-likeness (QED) is 0.334. The molecule has 0 spiro atoms. The number of likely N-dealkylation sites (tertiary alicyclic amines) is 1. The van der Waals surface area contributed by atoms with Crippen molar-refractivity contribution in [3.05, 3.63) is 0 Å². The minimum atomic E-state index is -1.41. The van der Waals surface area contributed by atoms with E-state index in [-0.39, 0.29) is 37.1 Å². The zero-order chi connectivity index (χ0) is 24.1. The molecule has 0 aromatic rings. The van der Waals surface area contributed by atoms with E-state index in [1.807, 2.05) is 11.8 Å². The van der Waals surface area contributed by atoms with Crippen LogP contribution in [-0.4, -0.2) is 84.0 Å². The Morgan fingerprint density at radius 1 is 1.15 bits per heavy atom. The molecule has 1 aliphatic heterocycles. The molecule has 0 bridgehead atoms. The van der Waals surface area contributed by atoms with E-state index in [2.05, 4.69) is 4.90 Å². The van der Waals surface area contributed by atoms with E-state index >= 15 is 4.39 Å². The van der Waals surface area contributed by atoms with Crippen LogP contribution in [0, 0.1) is 29.6 Å². The minimum absolute atomic E-state index is 0.0163. The van der Waals surface area contributed by atoms with E-state index in [0.717, 1.165) is 45.3 Å². The molecule has 2 aliphatic carbocycles. The summed E-state index contributed by atoms with van der Waals surface area (Å²) in [5.74, 6) is -3.20. The number of nitrogens with zero attached hydrogens (tertiary/aromatic N) is 2. The molecule has 1 heterocycles. The molecule has 0 radical (unpaired) electrons. The first-order valence-electron chi connectivity index (χ1n) is 12.3. The van der Waals surface area contributed by atoms with Gasteiger partial charge in [-0.25, -0.2) is 4.39 Å². The van der Waals surface area contributed by atoms with Crippen molar-refractivity contribution in [2.75, 3.05) is 44.5 Å². The third-order valence-corrected chi connectivity index (χ3v) is 8.37. The highest BCUT2D eigenvalue weighted by Crippen LogP contribution is 2.42. The maximum absolute atomic E-state index is 15.3. The van der Waals surface area contributed by atoms with E-state index in [1.54, 1.807) is 0 Å². The Morgan fingerprint density at radius 2 is 1.85 bits per heavy atom. The van der Waals surface area contributed by atoms with Crippen molar-refractivity contribution in [3.8, 4) is 0 Å². The summed E-state index contributed by atoms with van der Waals surface area (Å²) in [7, 11) is 0. The lowest BCUT2D eigenvalue weighted by molar-refractivity contribution is -0.311. The lowest BCUT2D eigenvalue weighted by Crippen LogP contribution is -2.61. The summed E-state index contributed by atoms with van der Waals surface area (Å²) < 4.78 is 15.3. The van der Waals surface area contributed by atoms with Crippen LogP contribution >= 0.6 is 23.2 Å². The molecule has 0 aromatic carbocycles. The largest absolute Gasteiger partial charge is 0.549 e. The number of alkyl halides is 3.